The van der Waals surface area contributed by atoms with Crippen molar-refractivity contribution in [3.63, 3.8) is 0 Å². The van der Waals surface area contributed by atoms with Crippen LogP contribution in [0.5, 0.6) is 0 Å². The Hall–Kier alpha value is -0.810. The minimum atomic E-state index is 0.0705. The predicted octanol–water partition coefficient (Wildman–Crippen LogP) is 4.63. The summed E-state index contributed by atoms with van der Waals surface area (Å²) >= 11 is 7.65. The summed E-state index contributed by atoms with van der Waals surface area (Å²) in [6.45, 7) is 1.82. The molecule has 114 valence electrons. The van der Waals surface area contributed by atoms with Crippen LogP contribution < -0.4 is 5.32 Å². The van der Waals surface area contributed by atoms with Gasteiger partial charge in [0.15, 0.2) is 0 Å². The fourth-order valence-corrected chi connectivity index (χ4v) is 3.85. The summed E-state index contributed by atoms with van der Waals surface area (Å²) in [5.41, 5.74) is 0. The van der Waals surface area contributed by atoms with Crippen LogP contribution in [-0.4, -0.2) is 19.3 Å². The van der Waals surface area contributed by atoms with Gasteiger partial charge < -0.3 is 14.5 Å². The van der Waals surface area contributed by atoms with Crippen molar-refractivity contribution in [2.75, 3.05) is 13.2 Å². The highest BCUT2D eigenvalue weighted by atomic mass is 35.5. The molecule has 5 heteroatoms. The van der Waals surface area contributed by atoms with Crippen LogP contribution >= 0.6 is 22.9 Å². The molecule has 2 unspecified atom stereocenters. The fraction of sp³-hybridized carbons (Fsp3) is 0.500. The van der Waals surface area contributed by atoms with Crippen molar-refractivity contribution in [1.29, 1.82) is 0 Å². The highest BCUT2D eigenvalue weighted by molar-refractivity contribution is 7.16. The number of halogens is 1. The van der Waals surface area contributed by atoms with E-state index >= 15 is 0 Å². The largest absolute Gasteiger partial charge is 0.467 e. The molecule has 21 heavy (non-hydrogen) atoms. The third-order valence-electron chi connectivity index (χ3n) is 3.79. The second-order valence-corrected chi connectivity index (χ2v) is 7.07. The van der Waals surface area contributed by atoms with Gasteiger partial charge in [0.1, 0.15) is 11.8 Å². The smallest absolute Gasteiger partial charge is 0.126 e. The molecule has 0 saturated carbocycles. The molecule has 2 aromatic heterocycles. The van der Waals surface area contributed by atoms with Crippen molar-refractivity contribution in [2.24, 2.45) is 0 Å². The minimum absolute atomic E-state index is 0.0705. The van der Waals surface area contributed by atoms with Gasteiger partial charge in [0.05, 0.1) is 16.7 Å². The molecular formula is C16H20ClNO2S. The molecule has 3 heterocycles. The zero-order valence-corrected chi connectivity index (χ0v) is 13.5. The van der Waals surface area contributed by atoms with Crippen LogP contribution in [0.2, 0.25) is 4.34 Å². The summed E-state index contributed by atoms with van der Waals surface area (Å²) < 4.78 is 12.2. The van der Waals surface area contributed by atoms with Gasteiger partial charge in [-0.25, -0.2) is 0 Å². The molecule has 1 aliphatic heterocycles. The lowest BCUT2D eigenvalue weighted by Crippen LogP contribution is -2.28. The third-order valence-corrected chi connectivity index (χ3v) is 5.09. The number of furan rings is 1. The second-order valence-electron chi connectivity index (χ2n) is 5.32. The summed E-state index contributed by atoms with van der Waals surface area (Å²) in [5.74, 6) is 0.929. The van der Waals surface area contributed by atoms with Crippen LogP contribution in [0.4, 0.5) is 0 Å². The fourth-order valence-electron chi connectivity index (χ4n) is 2.70. The van der Waals surface area contributed by atoms with Crippen LogP contribution in [0.3, 0.4) is 0 Å². The lowest BCUT2D eigenvalue weighted by atomic mass is 10.1. The average molecular weight is 326 g/mol. The normalized spacial score (nSPS) is 20.5. The maximum absolute atomic E-state index is 6.06. The highest BCUT2D eigenvalue weighted by Gasteiger charge is 2.20. The SMILES string of the molecule is Clc1ccc(C(NCCC2CCCCO2)c2ccco2)s1. The molecule has 2 atom stereocenters. The second kappa shape index (κ2) is 7.45. The van der Waals surface area contributed by atoms with E-state index in [9.17, 15) is 0 Å². The molecule has 3 nitrogen and oxygen atoms in total. The first-order valence-corrected chi connectivity index (χ1v) is 8.66. The van der Waals surface area contributed by atoms with Crippen molar-refractivity contribution in [3.05, 3.63) is 45.5 Å². The maximum Gasteiger partial charge on any atom is 0.126 e. The van der Waals surface area contributed by atoms with E-state index in [0.29, 0.717) is 6.10 Å². The van der Waals surface area contributed by atoms with Gasteiger partial charge in [-0.15, -0.1) is 11.3 Å². The van der Waals surface area contributed by atoms with Gasteiger partial charge >= 0.3 is 0 Å². The predicted molar refractivity (Wildman–Crippen MR) is 86.1 cm³/mol. The van der Waals surface area contributed by atoms with E-state index in [1.807, 2.05) is 18.2 Å². The quantitative estimate of drug-likeness (QED) is 0.840. The summed E-state index contributed by atoms with van der Waals surface area (Å²) in [5, 5.41) is 3.58. The summed E-state index contributed by atoms with van der Waals surface area (Å²) in [7, 11) is 0. The van der Waals surface area contributed by atoms with E-state index in [2.05, 4.69) is 11.4 Å². The number of rotatable bonds is 6. The Morgan fingerprint density at radius 2 is 2.29 bits per heavy atom. The van der Waals surface area contributed by atoms with Crippen LogP contribution in [-0.2, 0) is 4.74 Å². The number of ether oxygens (including phenoxy) is 1. The Morgan fingerprint density at radius 3 is 2.95 bits per heavy atom. The first kappa shape index (κ1) is 15.1. The summed E-state index contributed by atoms with van der Waals surface area (Å²) in [6, 6.07) is 7.99. The lowest BCUT2D eigenvalue weighted by Gasteiger charge is -2.23. The van der Waals surface area contributed by atoms with Crippen LogP contribution in [0.1, 0.15) is 42.4 Å². The van der Waals surface area contributed by atoms with Crippen LogP contribution in [0, 0.1) is 0 Å². The zero-order valence-electron chi connectivity index (χ0n) is 11.9. The van der Waals surface area contributed by atoms with Gasteiger partial charge in [-0.3, -0.25) is 0 Å². The first-order valence-electron chi connectivity index (χ1n) is 7.46. The highest BCUT2D eigenvalue weighted by Crippen LogP contribution is 2.31. The van der Waals surface area contributed by atoms with E-state index in [0.717, 1.165) is 29.7 Å². The standard InChI is InChI=1S/C16H20ClNO2S/c17-15-7-6-14(21-15)16(13-5-3-11-20-13)18-9-8-12-4-1-2-10-19-12/h3,5-7,11-12,16,18H,1-2,4,8-10H2. The number of hydrogen-bond acceptors (Lipinski definition) is 4. The van der Waals surface area contributed by atoms with Gasteiger partial charge in [-0.05, 0) is 56.5 Å². The van der Waals surface area contributed by atoms with Gasteiger partial charge in [0.25, 0.3) is 0 Å². The summed E-state index contributed by atoms with van der Waals surface area (Å²) in [4.78, 5) is 1.18. The van der Waals surface area contributed by atoms with E-state index in [-0.39, 0.29) is 6.04 Å². The topological polar surface area (TPSA) is 34.4 Å². The molecule has 1 fully saturated rings. The third kappa shape index (κ3) is 4.10. The summed E-state index contributed by atoms with van der Waals surface area (Å²) in [6.07, 6.45) is 6.81. The van der Waals surface area contributed by atoms with E-state index in [1.165, 1.54) is 24.1 Å². The van der Waals surface area contributed by atoms with Gasteiger partial charge in [0, 0.05) is 11.5 Å². The number of hydrogen-bond donors (Lipinski definition) is 1. The molecule has 0 bridgehead atoms. The maximum atomic E-state index is 6.06. The molecule has 0 radical (unpaired) electrons. The van der Waals surface area contributed by atoms with Gasteiger partial charge in [0.2, 0.25) is 0 Å². The van der Waals surface area contributed by atoms with Gasteiger partial charge in [-0.1, -0.05) is 11.6 Å². The van der Waals surface area contributed by atoms with Crippen molar-refractivity contribution < 1.29 is 9.15 Å². The van der Waals surface area contributed by atoms with Crippen molar-refractivity contribution in [3.8, 4) is 0 Å². The Kier molecular flexibility index (Phi) is 5.36. The molecule has 0 amide bonds. The number of nitrogens with one attached hydrogen (secondary N) is 1. The first-order chi connectivity index (χ1) is 10.3. The lowest BCUT2D eigenvalue weighted by molar-refractivity contribution is 0.0113. The van der Waals surface area contributed by atoms with E-state index in [1.54, 1.807) is 17.6 Å². The van der Waals surface area contributed by atoms with E-state index in [4.69, 9.17) is 20.8 Å². The molecule has 2 aromatic rings. The zero-order chi connectivity index (χ0) is 14.5. The molecule has 3 rings (SSSR count). The Balaban J connectivity index is 1.60. The van der Waals surface area contributed by atoms with Gasteiger partial charge in [-0.2, -0.15) is 0 Å². The van der Waals surface area contributed by atoms with Crippen LogP contribution in [0.15, 0.2) is 34.9 Å². The Bertz CT molecular complexity index is 534. The van der Waals surface area contributed by atoms with Crippen molar-refractivity contribution in [2.45, 2.75) is 37.8 Å². The molecule has 1 N–H and O–H groups in total. The monoisotopic (exact) mass is 325 g/mol. The van der Waals surface area contributed by atoms with Crippen molar-refractivity contribution in [1.82, 2.24) is 5.32 Å². The van der Waals surface area contributed by atoms with Crippen LogP contribution in [0.25, 0.3) is 0 Å². The molecule has 1 aliphatic rings. The minimum Gasteiger partial charge on any atom is -0.467 e. The average Bonchev–Trinajstić information content (AvgIpc) is 3.16. The molecular weight excluding hydrogens is 306 g/mol. The Labute approximate surface area is 134 Å². The van der Waals surface area contributed by atoms with Crippen molar-refractivity contribution >= 4 is 22.9 Å². The molecule has 1 saturated heterocycles. The Morgan fingerprint density at radius 1 is 1.33 bits per heavy atom. The molecule has 0 aromatic carbocycles. The molecule has 0 aliphatic carbocycles. The number of thiophene rings is 1. The van der Waals surface area contributed by atoms with E-state index < -0.39 is 0 Å². The molecule has 0 spiro atoms.